The number of benzene rings is 3. The second kappa shape index (κ2) is 45.0. The van der Waals surface area contributed by atoms with Crippen LogP contribution in [-0.2, 0) is 91.2 Å². The van der Waals surface area contributed by atoms with Gasteiger partial charge in [-0.05, 0) is 85.6 Å². The SMILES string of the molecule is CC[C@H](C)[C@@H]1NC(=O)[C@H](CCCNC(=N)N)NC(=O)[C@H](CC(C)C)NC(=O)[C@H](Cc2ccccc2)NC(=O)CNC(=O)CNC(=O)[C@H](Cc2ccc(O)cc2)NC(=O)[C@@H]2CSSC[C@H](NC1=O)C(=O)N[C@@H](Cc1ccccc1)C(=O)N1CCC[C@H]1C(=O)N[C@@H](CC(=O)O)C(=O)NCC(=O)N[C@@H](CCCNC(=N)N)C(=O)N2. The van der Waals surface area contributed by atoms with Crippen LogP contribution in [0.15, 0.2) is 84.9 Å². The second-order valence-electron chi connectivity index (χ2n) is 27.5. The molecule has 3 aromatic rings. The number of nitrogens with two attached hydrogens (primary N) is 2. The van der Waals surface area contributed by atoms with Crippen LogP contribution in [-0.4, -0.2) is 233 Å². The van der Waals surface area contributed by atoms with E-state index in [1.165, 1.54) is 24.3 Å². The number of fused-ring (bicyclic) bond motifs is 6. The van der Waals surface area contributed by atoms with Crippen LogP contribution in [0.4, 0.5) is 0 Å². The summed E-state index contributed by atoms with van der Waals surface area (Å²) in [5.41, 5.74) is 12.6. The molecule has 23 N–H and O–H groups in total. The molecule has 0 aromatic heterocycles. The number of rotatable bonds is 20. The molecule has 3 fully saturated rings. The molecule has 0 saturated carbocycles. The maximum Gasteiger partial charge on any atom is 0.305 e. The number of nitrogens with one attached hydrogen (secondary N) is 17. The van der Waals surface area contributed by atoms with Crippen LogP contribution >= 0.6 is 21.6 Å². The molecule has 3 aliphatic heterocycles. The smallest absolute Gasteiger partial charge is 0.305 e. The molecule has 3 aliphatic rings. The van der Waals surface area contributed by atoms with Gasteiger partial charge < -0.3 is 106 Å². The van der Waals surface area contributed by atoms with Crippen molar-refractivity contribution in [2.45, 2.75) is 171 Å². The quantitative estimate of drug-likeness (QED) is 0.0223. The Bertz CT molecular complexity index is 3790. The Morgan fingerprint density at radius 3 is 1.48 bits per heavy atom. The molecular formula is C72H102N20O17S2. The molecule has 0 radical (unpaired) electrons. The van der Waals surface area contributed by atoms with Gasteiger partial charge in [0.1, 0.15) is 72.2 Å². The number of aromatic hydroxyl groups is 1. The Labute approximate surface area is 649 Å². The molecule has 2 bridgehead atoms. The molecular weight excluding hydrogens is 1480 g/mol. The van der Waals surface area contributed by atoms with Gasteiger partial charge in [0.05, 0.1) is 26.1 Å². The zero-order valence-corrected chi connectivity index (χ0v) is 63.8. The Morgan fingerprint density at radius 2 is 0.937 bits per heavy atom. The molecule has 6 rings (SSSR count). The van der Waals surface area contributed by atoms with E-state index in [9.17, 15) is 58.2 Å². The van der Waals surface area contributed by atoms with Crippen LogP contribution < -0.4 is 91.2 Å². The van der Waals surface area contributed by atoms with Crippen molar-refractivity contribution >= 4 is 122 Å². The van der Waals surface area contributed by atoms with Crippen molar-refractivity contribution in [1.82, 2.24) is 84.7 Å². The maximum atomic E-state index is 15.4. The second-order valence-corrected chi connectivity index (χ2v) is 30.0. The van der Waals surface area contributed by atoms with E-state index >= 15 is 24.0 Å². The molecule has 0 aliphatic carbocycles. The highest BCUT2D eigenvalue weighted by atomic mass is 33.1. The highest BCUT2D eigenvalue weighted by Gasteiger charge is 2.42. The summed E-state index contributed by atoms with van der Waals surface area (Å²) in [6.45, 7) is 4.33. The molecule has 3 aromatic carbocycles. The van der Waals surface area contributed by atoms with Crippen molar-refractivity contribution in [2.75, 3.05) is 50.8 Å². The Kier molecular flexibility index (Phi) is 36.0. The first-order valence-electron chi connectivity index (χ1n) is 36.5. The van der Waals surface area contributed by atoms with Crippen LogP contribution in [0.2, 0.25) is 0 Å². The number of hydrogen-bond acceptors (Lipinski definition) is 20. The summed E-state index contributed by atoms with van der Waals surface area (Å²) in [5, 5.41) is 74.5. The van der Waals surface area contributed by atoms with Gasteiger partial charge in [0.2, 0.25) is 82.7 Å². The lowest BCUT2D eigenvalue weighted by atomic mass is 9.96. The number of carbonyl (C=O) groups is 15. The van der Waals surface area contributed by atoms with E-state index < -0.39 is 211 Å². The predicted molar refractivity (Wildman–Crippen MR) is 410 cm³/mol. The van der Waals surface area contributed by atoms with Crippen molar-refractivity contribution in [3.05, 3.63) is 102 Å². The van der Waals surface area contributed by atoms with Crippen molar-refractivity contribution in [3.63, 3.8) is 0 Å². The van der Waals surface area contributed by atoms with Crippen LogP contribution in [0, 0.1) is 22.7 Å². The molecule has 111 heavy (non-hydrogen) atoms. The minimum absolute atomic E-state index is 0.00346. The summed E-state index contributed by atoms with van der Waals surface area (Å²) in [6.07, 6.45) is -1.59. The standard InChI is InChI=1S/C72H102N20O17S2/c1-5-40(4)59-69(108)90-53-38-111-110-37-52(89-62(101)45(19-12-26-77-71(73)74)82-57(96)36-81-61(100)50(33-58(97)98)87-68(107)54-21-14-28-92(54)70(109)51(88-67(53)106)32-42-17-10-7-11-18-42)66(105)86-48(31-43-22-24-44(93)25-23-43)60(99)80-34-55(94)79-35-56(95)83-49(30-41-15-8-6-9-16-41)65(104)85-47(29-39(2)3)64(103)84-46(63(102)91-59)20-13-27-78-72(75)76/h6-11,15-18,22-25,39-40,45-54,59,93H,5,12-14,19-21,26-38H2,1-4H3,(H,79,94)(H,80,99)(H,81,100)(H,82,96)(H,83,95)(H,84,103)(H,85,104)(H,86,105)(H,87,107)(H,88,106)(H,89,101)(H,90,108)(H,91,102)(H,97,98)(H4,73,74,77)(H4,75,76,78)/t40-,45-,46-,47-,48-,49-,50-,51-,52-,53-,54-,59-/m0/s1. The van der Waals surface area contributed by atoms with Gasteiger partial charge in [0.25, 0.3) is 0 Å². The van der Waals surface area contributed by atoms with Crippen molar-refractivity contribution in [3.8, 4) is 5.75 Å². The molecule has 604 valence electrons. The zero-order valence-electron chi connectivity index (χ0n) is 62.2. The van der Waals surface area contributed by atoms with Gasteiger partial charge in [-0.25, -0.2) is 0 Å². The first-order chi connectivity index (χ1) is 52.9. The number of aliphatic carboxylic acids is 1. The molecule has 3 saturated heterocycles. The lowest BCUT2D eigenvalue weighted by molar-refractivity contribution is -0.144. The van der Waals surface area contributed by atoms with Gasteiger partial charge in [0.15, 0.2) is 11.9 Å². The van der Waals surface area contributed by atoms with Gasteiger partial charge in [0, 0.05) is 50.4 Å². The predicted octanol–water partition coefficient (Wildman–Crippen LogP) is -3.89. The minimum Gasteiger partial charge on any atom is -0.508 e. The van der Waals surface area contributed by atoms with Crippen molar-refractivity contribution in [1.29, 1.82) is 10.8 Å². The van der Waals surface area contributed by atoms with Crippen LogP contribution in [0.5, 0.6) is 5.75 Å². The van der Waals surface area contributed by atoms with E-state index in [1.54, 1.807) is 88.4 Å². The minimum atomic E-state index is -1.86. The Balaban J connectivity index is 1.52. The molecule has 12 atom stereocenters. The zero-order chi connectivity index (χ0) is 81.3. The number of nitrogens with zero attached hydrogens (tertiary/aromatic N) is 1. The van der Waals surface area contributed by atoms with E-state index in [1.807, 2.05) is 0 Å². The summed E-state index contributed by atoms with van der Waals surface area (Å²) < 4.78 is 0. The summed E-state index contributed by atoms with van der Waals surface area (Å²) >= 11 is 0. The number of carboxylic acids is 1. The maximum absolute atomic E-state index is 15.4. The van der Waals surface area contributed by atoms with E-state index in [0.29, 0.717) is 16.7 Å². The lowest BCUT2D eigenvalue weighted by Crippen LogP contribution is -2.62. The molecule has 3 heterocycles. The Hall–Kier alpha value is -11.2. The fraction of sp³-hybridized carbons (Fsp3) is 0.514. The van der Waals surface area contributed by atoms with E-state index in [4.69, 9.17) is 22.3 Å². The lowest BCUT2D eigenvalue weighted by Gasteiger charge is -2.31. The summed E-state index contributed by atoms with van der Waals surface area (Å²) in [6, 6.07) is 5.21. The number of guanidine groups is 2. The Morgan fingerprint density at radius 1 is 0.505 bits per heavy atom. The summed E-state index contributed by atoms with van der Waals surface area (Å²) in [5.74, 6) is -18.0. The third kappa shape index (κ3) is 30.3. The highest BCUT2D eigenvalue weighted by molar-refractivity contribution is 8.76. The third-order valence-corrected chi connectivity index (χ3v) is 20.6. The van der Waals surface area contributed by atoms with E-state index in [-0.39, 0.29) is 102 Å². The van der Waals surface area contributed by atoms with Crippen LogP contribution in [0.25, 0.3) is 0 Å². The van der Waals surface area contributed by atoms with Gasteiger partial charge in [-0.15, -0.1) is 0 Å². The normalized spacial score (nSPS) is 24.4. The van der Waals surface area contributed by atoms with E-state index in [2.05, 4.69) is 79.8 Å². The first-order valence-corrected chi connectivity index (χ1v) is 39.0. The van der Waals surface area contributed by atoms with Gasteiger partial charge in [-0.3, -0.25) is 82.7 Å². The van der Waals surface area contributed by atoms with Crippen LogP contribution in [0.3, 0.4) is 0 Å². The monoisotopic (exact) mass is 1580 g/mol. The third-order valence-electron chi connectivity index (χ3n) is 18.2. The fourth-order valence-electron chi connectivity index (χ4n) is 12.1. The summed E-state index contributed by atoms with van der Waals surface area (Å²) in [7, 11) is 1.71. The molecule has 0 spiro atoms. The number of phenolic OH excluding ortho intramolecular Hbond substituents is 1. The molecule has 37 nitrogen and oxygen atoms in total. The van der Waals surface area contributed by atoms with Gasteiger partial charge in [-0.2, -0.15) is 0 Å². The molecule has 0 unspecified atom stereocenters. The molecule has 14 amide bonds. The molecule has 39 heteroatoms. The highest BCUT2D eigenvalue weighted by Crippen LogP contribution is 2.26. The number of hydrogen-bond donors (Lipinski definition) is 21. The first kappa shape index (κ1) is 88.7. The van der Waals surface area contributed by atoms with Crippen molar-refractivity contribution in [2.24, 2.45) is 23.3 Å². The number of carboxylic acid groups (broad SMARTS) is 1. The van der Waals surface area contributed by atoms with E-state index in [0.717, 1.165) is 26.5 Å². The average Bonchev–Trinajstić information content (AvgIpc) is 1.70. The number of phenols is 1. The van der Waals surface area contributed by atoms with Gasteiger partial charge >= 0.3 is 5.97 Å². The summed E-state index contributed by atoms with van der Waals surface area (Å²) in [4.78, 5) is 218. The largest absolute Gasteiger partial charge is 0.508 e. The van der Waals surface area contributed by atoms with Gasteiger partial charge in [-0.1, -0.05) is 128 Å². The van der Waals surface area contributed by atoms with Crippen molar-refractivity contribution < 1.29 is 82.1 Å². The van der Waals surface area contributed by atoms with Crippen LogP contribution in [0.1, 0.15) is 102 Å². The topological polar surface area (TPSA) is 580 Å². The fourth-order valence-corrected chi connectivity index (χ4v) is 14.5. The number of amides is 14. The average molecular weight is 1580 g/mol. The number of carbonyl (C=O) groups excluding carboxylic acids is 14.